The van der Waals surface area contributed by atoms with Crippen molar-refractivity contribution in [2.75, 3.05) is 75.2 Å². The highest BCUT2D eigenvalue weighted by atomic mass is 35.5. The minimum atomic E-state index is -2.56. The lowest BCUT2D eigenvalue weighted by Crippen LogP contribution is -2.55. The zero-order valence-corrected chi connectivity index (χ0v) is 38.5. The first-order valence-corrected chi connectivity index (χ1v) is 25.3. The Balaban J connectivity index is 0.809. The lowest BCUT2D eigenvalue weighted by atomic mass is 9.99. The molecular weight excluding hydrogens is 849 g/mol. The van der Waals surface area contributed by atoms with E-state index in [0.717, 1.165) is 93.5 Å². The summed E-state index contributed by atoms with van der Waals surface area (Å²) >= 11 is 6.54. The van der Waals surface area contributed by atoms with Gasteiger partial charge in [0.25, 0.3) is 5.91 Å². The third-order valence-corrected chi connectivity index (χ3v) is 15.3. The van der Waals surface area contributed by atoms with Crippen molar-refractivity contribution in [3.05, 3.63) is 88.1 Å². The third-order valence-electron chi connectivity index (χ3n) is 13.5. The maximum Gasteiger partial charge on any atom is 0.255 e. The normalized spacial score (nSPS) is 20.3. The number of methoxy groups -OCH3 is 1. The number of hydrogen-bond donors (Lipinski definition) is 3. The minimum absolute atomic E-state index is 0.136. The second-order valence-electron chi connectivity index (χ2n) is 17.8. The molecular formula is C48H55ClN9O5P. The molecule has 1 aliphatic carbocycles. The smallest absolute Gasteiger partial charge is 0.255 e. The van der Waals surface area contributed by atoms with Crippen molar-refractivity contribution in [1.29, 1.82) is 0 Å². The highest BCUT2D eigenvalue weighted by Crippen LogP contribution is 2.43. The van der Waals surface area contributed by atoms with Crippen molar-refractivity contribution >= 4 is 70.6 Å². The summed E-state index contributed by atoms with van der Waals surface area (Å²) in [5.41, 5.74) is 6.00. The number of nitrogens with zero attached hydrogens (tertiary/aromatic N) is 6. The van der Waals surface area contributed by atoms with Crippen molar-refractivity contribution in [3.8, 4) is 17.6 Å². The van der Waals surface area contributed by atoms with E-state index in [1.54, 1.807) is 31.5 Å². The van der Waals surface area contributed by atoms with Crippen molar-refractivity contribution in [2.24, 2.45) is 0 Å². The Bertz CT molecular complexity index is 2610. The number of benzene rings is 3. The number of para-hydroxylation sites is 1. The Morgan fingerprint density at radius 1 is 0.953 bits per heavy atom. The van der Waals surface area contributed by atoms with Crippen LogP contribution in [-0.2, 0) is 27.1 Å². The van der Waals surface area contributed by atoms with E-state index >= 15 is 0 Å². The predicted octanol–water partition coefficient (Wildman–Crippen LogP) is 6.37. The number of rotatable bonds is 11. The third kappa shape index (κ3) is 8.83. The first kappa shape index (κ1) is 43.8. The van der Waals surface area contributed by atoms with Crippen LogP contribution in [-0.4, -0.2) is 120 Å². The van der Waals surface area contributed by atoms with Crippen LogP contribution in [0, 0.1) is 11.8 Å². The summed E-state index contributed by atoms with van der Waals surface area (Å²) < 4.78 is 18.9. The molecule has 1 saturated carbocycles. The quantitative estimate of drug-likeness (QED) is 0.0872. The predicted molar refractivity (Wildman–Crippen MR) is 251 cm³/mol. The summed E-state index contributed by atoms with van der Waals surface area (Å²) in [6.07, 6.45) is 7.18. The van der Waals surface area contributed by atoms with Crippen molar-refractivity contribution in [3.63, 3.8) is 0 Å². The first-order valence-electron chi connectivity index (χ1n) is 22.3. The van der Waals surface area contributed by atoms with Crippen molar-refractivity contribution < 1.29 is 23.7 Å². The van der Waals surface area contributed by atoms with E-state index in [2.05, 4.69) is 66.5 Å². The van der Waals surface area contributed by atoms with Crippen LogP contribution in [0.5, 0.6) is 5.75 Å². The maximum absolute atomic E-state index is 13.4. The number of halogens is 1. The van der Waals surface area contributed by atoms with Gasteiger partial charge in [-0.25, -0.2) is 4.98 Å². The van der Waals surface area contributed by atoms with Gasteiger partial charge in [0.05, 0.1) is 30.2 Å². The molecule has 4 fully saturated rings. The first-order chi connectivity index (χ1) is 30.8. The Morgan fingerprint density at radius 3 is 2.42 bits per heavy atom. The molecule has 9 rings (SSSR count). The zero-order chi connectivity index (χ0) is 44.8. The molecule has 0 radical (unpaired) electrons. The largest absolute Gasteiger partial charge is 0.494 e. The second kappa shape index (κ2) is 17.8. The van der Waals surface area contributed by atoms with Crippen LogP contribution in [0.3, 0.4) is 0 Å². The molecule has 16 heteroatoms. The summed E-state index contributed by atoms with van der Waals surface area (Å²) in [5.74, 6) is 7.70. The fourth-order valence-electron chi connectivity index (χ4n) is 9.78. The Morgan fingerprint density at radius 2 is 1.72 bits per heavy atom. The summed E-state index contributed by atoms with van der Waals surface area (Å²) in [6, 6.07) is 17.3. The van der Waals surface area contributed by atoms with E-state index in [4.69, 9.17) is 21.3 Å². The number of carbonyl (C=O) groups is 3. The van der Waals surface area contributed by atoms with Crippen LogP contribution >= 0.6 is 18.7 Å². The van der Waals surface area contributed by atoms with E-state index < -0.39 is 19.1 Å². The van der Waals surface area contributed by atoms with Gasteiger partial charge in [-0.3, -0.25) is 29.5 Å². The Labute approximate surface area is 379 Å². The SMILES string of the molecule is CCc1cc(Nc2ncc(Cl)c(Nc3ccccc3P(C)(C)=O)n2)c(OC)cc1N1CCC(N2CCN(C3(C#Cc4cccc5c4CN(C4CCC(=O)NC4=O)C5=O)CC3)CC2)CC1. The Kier molecular flexibility index (Phi) is 12.2. The molecule has 0 bridgehead atoms. The van der Waals surface area contributed by atoms with Gasteiger partial charge in [-0.1, -0.05) is 48.6 Å². The number of piperazine rings is 1. The van der Waals surface area contributed by atoms with Crippen molar-refractivity contribution in [2.45, 2.75) is 76.0 Å². The van der Waals surface area contributed by atoms with E-state index in [-0.39, 0.29) is 23.8 Å². The van der Waals surface area contributed by atoms with Crippen LogP contribution < -0.4 is 30.9 Å². The number of aromatic nitrogens is 2. The average Bonchev–Trinajstić information content (AvgIpc) is 4.02. The van der Waals surface area contributed by atoms with Crippen LogP contribution in [0.2, 0.25) is 5.02 Å². The molecule has 3 saturated heterocycles. The lowest BCUT2D eigenvalue weighted by Gasteiger charge is -2.44. The van der Waals surface area contributed by atoms with Gasteiger partial charge in [0.2, 0.25) is 17.8 Å². The second-order valence-corrected chi connectivity index (χ2v) is 21.4. The molecule has 4 aliphatic heterocycles. The molecule has 3 N–H and O–H groups in total. The minimum Gasteiger partial charge on any atom is -0.494 e. The summed E-state index contributed by atoms with van der Waals surface area (Å²) in [7, 11) is -0.887. The number of fused-ring (bicyclic) bond motifs is 1. The molecule has 1 atom stereocenters. The molecule has 64 heavy (non-hydrogen) atoms. The topological polar surface area (TPSA) is 152 Å². The molecule has 5 aliphatic rings. The molecule has 1 aromatic heterocycles. The average molecular weight is 904 g/mol. The number of imide groups is 1. The molecule has 1 unspecified atom stereocenters. The van der Waals surface area contributed by atoms with Crippen LogP contribution in [0.15, 0.2) is 60.8 Å². The summed E-state index contributed by atoms with van der Waals surface area (Å²) in [4.78, 5) is 56.2. The summed E-state index contributed by atoms with van der Waals surface area (Å²) in [6.45, 7) is 11.8. The van der Waals surface area contributed by atoms with E-state index in [1.165, 1.54) is 11.3 Å². The van der Waals surface area contributed by atoms with Gasteiger partial charge < -0.3 is 29.7 Å². The molecule has 3 aromatic carbocycles. The number of ether oxygens (including phenoxy) is 1. The number of hydrogen-bond acceptors (Lipinski definition) is 12. The fraction of sp³-hybridized carbons (Fsp3) is 0.438. The molecule has 5 heterocycles. The van der Waals surface area contributed by atoms with Gasteiger partial charge in [-0.05, 0) is 93.3 Å². The molecule has 14 nitrogen and oxygen atoms in total. The van der Waals surface area contributed by atoms with Crippen molar-refractivity contribution in [1.82, 2.24) is 30.0 Å². The molecule has 4 aromatic rings. The van der Waals surface area contributed by atoms with E-state index in [0.29, 0.717) is 52.8 Å². The van der Waals surface area contributed by atoms with Crippen LogP contribution in [0.1, 0.15) is 72.5 Å². The van der Waals surface area contributed by atoms with Gasteiger partial charge in [-0.15, -0.1) is 0 Å². The molecule has 334 valence electrons. The van der Waals surface area contributed by atoms with E-state index in [1.807, 2.05) is 42.5 Å². The number of carbonyl (C=O) groups excluding carboxylic acids is 3. The lowest BCUT2D eigenvalue weighted by molar-refractivity contribution is -0.136. The zero-order valence-electron chi connectivity index (χ0n) is 36.9. The van der Waals surface area contributed by atoms with Gasteiger partial charge in [-0.2, -0.15) is 4.98 Å². The number of anilines is 5. The van der Waals surface area contributed by atoms with Crippen LogP contribution in [0.4, 0.5) is 28.8 Å². The van der Waals surface area contributed by atoms with E-state index in [9.17, 15) is 18.9 Å². The number of aryl methyl sites for hydroxylation is 1. The highest BCUT2D eigenvalue weighted by Gasteiger charge is 2.48. The number of piperidine rings is 2. The monoisotopic (exact) mass is 903 g/mol. The Hall–Kier alpha value is -5.45. The fourth-order valence-corrected chi connectivity index (χ4v) is 11.1. The van der Waals surface area contributed by atoms with Crippen LogP contribution in [0.25, 0.3) is 0 Å². The summed E-state index contributed by atoms with van der Waals surface area (Å²) in [5, 5.41) is 10.1. The highest BCUT2D eigenvalue weighted by molar-refractivity contribution is 7.70. The van der Waals surface area contributed by atoms with Gasteiger partial charge in [0.1, 0.15) is 24.0 Å². The number of nitrogens with one attached hydrogen (secondary N) is 3. The van der Waals surface area contributed by atoms with Gasteiger partial charge in [0, 0.05) is 86.5 Å². The molecule has 0 spiro atoms. The van der Waals surface area contributed by atoms with Gasteiger partial charge >= 0.3 is 0 Å². The van der Waals surface area contributed by atoms with Gasteiger partial charge in [0.15, 0.2) is 5.82 Å². The standard InChI is InChI=1S/C48H55ClN9O5P/c1-5-31-27-38(52-47-50-29-36(49)44(54-47)51-37-11-6-7-12-42(37)64(3,4)62)41(63-2)28-40(31)56-21-16-33(17-22-56)55-23-25-57(26-24-55)48(19-20-48)18-15-32-9-8-10-34-35(32)30-58(46(34)61)39-13-14-43(59)53-45(39)60/h6-12,27-29,33,39H,5,13-14,16-17,19-26,30H2,1-4H3,(H,53,59,60)(H2,50,51,52,54). The molecule has 3 amide bonds. The number of amides is 3. The maximum atomic E-state index is 13.4.